The molecule has 0 saturated heterocycles. The Kier molecular flexibility index (Phi) is 7.39. The lowest BCUT2D eigenvalue weighted by atomic mass is 10.0. The molecule has 2 aromatic heterocycles. The van der Waals surface area contributed by atoms with E-state index in [1.165, 1.54) is 11.1 Å². The Bertz CT molecular complexity index is 940. The molecule has 0 spiro atoms. The number of allylic oxidation sites excluding steroid dienone is 3. The van der Waals surface area contributed by atoms with Crippen LogP contribution >= 0.6 is 0 Å². The van der Waals surface area contributed by atoms with E-state index in [0.29, 0.717) is 0 Å². The summed E-state index contributed by atoms with van der Waals surface area (Å²) in [5, 5.41) is 9.89. The number of hydrogen-bond donors (Lipinski definition) is 1. The van der Waals surface area contributed by atoms with Crippen molar-refractivity contribution in [2.75, 3.05) is 0 Å². The minimum absolute atomic E-state index is 0.0363. The van der Waals surface area contributed by atoms with Crippen molar-refractivity contribution < 1.29 is 23.5 Å². The molecule has 5 nitrogen and oxygen atoms in total. The predicted molar refractivity (Wildman–Crippen MR) is 115 cm³/mol. The molecular weight excluding hydrogens is 380 g/mol. The molecule has 160 valence electrons. The van der Waals surface area contributed by atoms with Gasteiger partial charge in [-0.1, -0.05) is 18.6 Å². The van der Waals surface area contributed by atoms with Crippen LogP contribution in [0.1, 0.15) is 63.3 Å². The van der Waals surface area contributed by atoms with E-state index in [9.17, 15) is 9.90 Å². The van der Waals surface area contributed by atoms with Crippen molar-refractivity contribution in [3.63, 3.8) is 0 Å². The molecule has 1 aliphatic heterocycles. The number of esters is 1. The Balaban J connectivity index is 1.37. The van der Waals surface area contributed by atoms with Crippen LogP contribution in [0.4, 0.5) is 0 Å². The van der Waals surface area contributed by atoms with E-state index in [2.05, 4.69) is 26.0 Å². The quantitative estimate of drug-likeness (QED) is 0.361. The first-order valence-corrected chi connectivity index (χ1v) is 10.5. The summed E-state index contributed by atoms with van der Waals surface area (Å²) >= 11 is 0. The van der Waals surface area contributed by atoms with Gasteiger partial charge in [-0.05, 0) is 81.2 Å². The minimum atomic E-state index is -0.465. The zero-order valence-electron chi connectivity index (χ0n) is 17.9. The van der Waals surface area contributed by atoms with Gasteiger partial charge in [0.05, 0.1) is 24.4 Å². The summed E-state index contributed by atoms with van der Waals surface area (Å²) in [5.41, 5.74) is 4.00. The molecule has 1 unspecified atom stereocenters. The first kappa shape index (κ1) is 21.8. The highest BCUT2D eigenvalue weighted by Gasteiger charge is 2.26. The average molecular weight is 411 g/mol. The Morgan fingerprint density at radius 2 is 2.10 bits per heavy atom. The molecule has 0 aromatic carbocycles. The zero-order chi connectivity index (χ0) is 21.5. The summed E-state index contributed by atoms with van der Waals surface area (Å²) in [5.74, 6) is 0.965. The van der Waals surface area contributed by atoms with Crippen LogP contribution in [-0.2, 0) is 22.4 Å². The van der Waals surface area contributed by atoms with Crippen molar-refractivity contribution >= 4 is 5.97 Å². The molecular formula is C25H30O5. The summed E-state index contributed by atoms with van der Waals surface area (Å²) in [6.45, 7) is 5.80. The lowest BCUT2D eigenvalue weighted by Crippen LogP contribution is -1.97. The van der Waals surface area contributed by atoms with Crippen molar-refractivity contribution in [2.45, 2.75) is 59.3 Å². The third kappa shape index (κ3) is 6.02. The highest BCUT2D eigenvalue weighted by atomic mass is 16.6. The summed E-state index contributed by atoms with van der Waals surface area (Å²) in [4.78, 5) is 11.5. The first-order chi connectivity index (χ1) is 14.4. The Labute approximate surface area is 177 Å². The third-order valence-corrected chi connectivity index (χ3v) is 5.35. The topological polar surface area (TPSA) is 72.8 Å². The summed E-state index contributed by atoms with van der Waals surface area (Å²) in [7, 11) is 0. The summed E-state index contributed by atoms with van der Waals surface area (Å²) in [6, 6.07) is 4.08. The number of furan rings is 2. The van der Waals surface area contributed by atoms with Crippen LogP contribution in [0, 0.1) is 5.92 Å². The van der Waals surface area contributed by atoms with Crippen molar-refractivity contribution in [2.24, 2.45) is 5.92 Å². The molecule has 0 amide bonds. The normalized spacial score (nSPS) is 17.1. The fourth-order valence-electron chi connectivity index (χ4n) is 3.47. The second kappa shape index (κ2) is 10.2. The third-order valence-electron chi connectivity index (χ3n) is 5.35. The van der Waals surface area contributed by atoms with Gasteiger partial charge in [-0.15, -0.1) is 0 Å². The molecule has 1 N–H and O–H groups in total. The maximum Gasteiger partial charge on any atom is 0.343 e. The van der Waals surface area contributed by atoms with Crippen LogP contribution in [0.25, 0.3) is 0 Å². The van der Waals surface area contributed by atoms with Crippen molar-refractivity contribution in [1.82, 2.24) is 0 Å². The molecule has 1 atom stereocenters. The second-order valence-corrected chi connectivity index (χ2v) is 8.08. The van der Waals surface area contributed by atoms with Crippen LogP contribution in [0.15, 0.2) is 74.6 Å². The van der Waals surface area contributed by atoms with E-state index in [-0.39, 0.29) is 23.0 Å². The van der Waals surface area contributed by atoms with Gasteiger partial charge in [0.25, 0.3) is 0 Å². The van der Waals surface area contributed by atoms with E-state index in [1.54, 1.807) is 19.5 Å². The number of rotatable bonds is 10. The van der Waals surface area contributed by atoms with Gasteiger partial charge >= 0.3 is 5.97 Å². The van der Waals surface area contributed by atoms with Crippen LogP contribution in [0.2, 0.25) is 0 Å². The molecule has 30 heavy (non-hydrogen) atoms. The van der Waals surface area contributed by atoms with Crippen molar-refractivity contribution in [3.8, 4) is 0 Å². The molecule has 5 heteroatoms. The number of aliphatic hydroxyl groups is 1. The monoisotopic (exact) mass is 410 g/mol. The lowest BCUT2D eigenvalue weighted by Gasteiger charge is -2.07. The standard InChI is InChI=1S/C25H30O5/c1-17(6-4-8-18(2)12-23-24(26)19(3)25(27)30-23)7-5-9-20-13-22(29-16-20)14-21-10-11-28-15-21/h6,10-13,15-16,18,26H,4-5,7-9,14H2,1-3H3/b17-6-,23-12+. The summed E-state index contributed by atoms with van der Waals surface area (Å²) < 4.78 is 15.8. The Morgan fingerprint density at radius 1 is 1.27 bits per heavy atom. The molecule has 3 heterocycles. The van der Waals surface area contributed by atoms with Crippen LogP contribution in [0.3, 0.4) is 0 Å². The highest BCUT2D eigenvalue weighted by Crippen LogP contribution is 2.26. The van der Waals surface area contributed by atoms with Gasteiger partial charge < -0.3 is 18.7 Å². The lowest BCUT2D eigenvalue weighted by molar-refractivity contribution is -0.133. The maximum atomic E-state index is 11.5. The fourth-order valence-corrected chi connectivity index (χ4v) is 3.47. The minimum Gasteiger partial charge on any atom is -0.504 e. The Hall–Kier alpha value is -2.95. The van der Waals surface area contributed by atoms with Gasteiger partial charge in [0.1, 0.15) is 5.76 Å². The van der Waals surface area contributed by atoms with Gasteiger partial charge in [-0.3, -0.25) is 0 Å². The van der Waals surface area contributed by atoms with E-state index in [4.69, 9.17) is 13.6 Å². The number of carbonyl (C=O) groups is 1. The number of aliphatic hydroxyl groups excluding tert-OH is 1. The van der Waals surface area contributed by atoms with Gasteiger partial charge in [-0.2, -0.15) is 0 Å². The van der Waals surface area contributed by atoms with Crippen LogP contribution in [0.5, 0.6) is 0 Å². The molecule has 0 saturated carbocycles. The molecule has 1 aliphatic rings. The first-order valence-electron chi connectivity index (χ1n) is 10.5. The number of aryl methyl sites for hydroxylation is 1. The van der Waals surface area contributed by atoms with E-state index >= 15 is 0 Å². The van der Waals surface area contributed by atoms with E-state index < -0.39 is 5.97 Å². The largest absolute Gasteiger partial charge is 0.504 e. The SMILES string of the molecule is CC1=C(O)/C(=C\C(C)CC/C=C(/C)CCCc2coc(Cc3ccoc3)c2)OC1=O. The molecule has 2 aromatic rings. The molecule has 0 fully saturated rings. The number of carbonyl (C=O) groups excluding carboxylic acids is 1. The predicted octanol–water partition coefficient (Wildman–Crippen LogP) is 6.42. The van der Waals surface area contributed by atoms with Gasteiger partial charge in [0, 0.05) is 6.42 Å². The molecule has 0 aliphatic carbocycles. The second-order valence-electron chi connectivity index (χ2n) is 8.08. The highest BCUT2D eigenvalue weighted by molar-refractivity contribution is 5.93. The molecule has 0 bridgehead atoms. The smallest absolute Gasteiger partial charge is 0.343 e. The van der Waals surface area contributed by atoms with Crippen molar-refractivity contribution in [1.29, 1.82) is 0 Å². The van der Waals surface area contributed by atoms with E-state index in [0.717, 1.165) is 49.8 Å². The Morgan fingerprint density at radius 3 is 2.80 bits per heavy atom. The van der Waals surface area contributed by atoms with Gasteiger partial charge in [0.15, 0.2) is 11.5 Å². The molecule has 3 rings (SSSR count). The average Bonchev–Trinajstić information content (AvgIpc) is 3.43. The van der Waals surface area contributed by atoms with E-state index in [1.807, 2.05) is 18.4 Å². The molecule has 0 radical (unpaired) electrons. The zero-order valence-corrected chi connectivity index (χ0v) is 17.9. The number of hydrogen-bond acceptors (Lipinski definition) is 5. The van der Waals surface area contributed by atoms with Crippen molar-refractivity contribution in [3.05, 3.63) is 82.6 Å². The van der Waals surface area contributed by atoms with Gasteiger partial charge in [0.2, 0.25) is 0 Å². The summed E-state index contributed by atoms with van der Waals surface area (Å²) in [6.07, 6.45) is 15.2. The van der Waals surface area contributed by atoms with Crippen LogP contribution in [-0.4, -0.2) is 11.1 Å². The fraction of sp³-hybridized carbons (Fsp3) is 0.400. The maximum absolute atomic E-state index is 11.5. The van der Waals surface area contributed by atoms with Gasteiger partial charge in [-0.25, -0.2) is 4.79 Å². The number of ether oxygens (including phenoxy) is 1. The number of cyclic esters (lactones) is 1. The van der Waals surface area contributed by atoms with Crippen LogP contribution < -0.4 is 0 Å².